The summed E-state index contributed by atoms with van der Waals surface area (Å²) in [6, 6.07) is 13.4. The first kappa shape index (κ1) is 17.7. The average molecular weight is 350 g/mol. The number of para-hydroxylation sites is 1. The predicted molar refractivity (Wildman–Crippen MR) is 102 cm³/mol. The third-order valence-corrected chi connectivity index (χ3v) is 4.55. The van der Waals surface area contributed by atoms with E-state index in [4.69, 9.17) is 0 Å². The van der Waals surface area contributed by atoms with Gasteiger partial charge < -0.3 is 10.2 Å². The number of hydrogen-bond acceptors (Lipinski definition) is 3. The summed E-state index contributed by atoms with van der Waals surface area (Å²) in [6.45, 7) is 3.96. The van der Waals surface area contributed by atoms with Crippen molar-refractivity contribution in [2.45, 2.75) is 20.3 Å². The molecule has 0 fully saturated rings. The number of carbonyl (C=O) groups excluding carboxylic acids is 2. The zero-order valence-electron chi connectivity index (χ0n) is 15.2. The Morgan fingerprint density at radius 2 is 1.88 bits per heavy atom. The molecule has 0 bridgehead atoms. The molecule has 0 radical (unpaired) electrons. The maximum Gasteiger partial charge on any atom is 0.243 e. The van der Waals surface area contributed by atoms with Gasteiger partial charge in [-0.25, -0.2) is 0 Å². The number of aromatic amines is 1. The van der Waals surface area contributed by atoms with E-state index in [0.29, 0.717) is 0 Å². The zero-order chi connectivity index (χ0) is 18.7. The number of amides is 2. The molecule has 0 saturated carbocycles. The standard InChI is InChI=1S/C20H22N4O2/c1-13-7-6-10-16(14(13)2)21-19(25)12-24(3)20(26)11-18-15-8-4-5-9-17(15)22-23-18/h4-10H,11-12H2,1-3H3,(H,21,25)(H,22,23). The average Bonchev–Trinajstić information content (AvgIpc) is 3.02. The van der Waals surface area contributed by atoms with Crippen molar-refractivity contribution >= 4 is 28.4 Å². The lowest BCUT2D eigenvalue weighted by Gasteiger charge is -2.17. The fourth-order valence-corrected chi connectivity index (χ4v) is 2.82. The molecule has 0 aliphatic heterocycles. The van der Waals surface area contributed by atoms with E-state index in [1.54, 1.807) is 7.05 Å². The number of nitrogens with zero attached hydrogens (tertiary/aromatic N) is 2. The molecule has 26 heavy (non-hydrogen) atoms. The van der Waals surface area contributed by atoms with Crippen LogP contribution in [0.25, 0.3) is 10.9 Å². The van der Waals surface area contributed by atoms with Crippen molar-refractivity contribution in [1.29, 1.82) is 0 Å². The van der Waals surface area contributed by atoms with Crippen LogP contribution in [0, 0.1) is 13.8 Å². The number of aryl methyl sites for hydroxylation is 1. The van der Waals surface area contributed by atoms with Crippen LogP contribution in [0.3, 0.4) is 0 Å². The minimum absolute atomic E-state index is 0.00170. The van der Waals surface area contributed by atoms with Crippen LogP contribution in [-0.2, 0) is 16.0 Å². The van der Waals surface area contributed by atoms with Crippen molar-refractivity contribution in [3.63, 3.8) is 0 Å². The van der Waals surface area contributed by atoms with E-state index in [2.05, 4.69) is 15.5 Å². The van der Waals surface area contributed by atoms with Crippen molar-refractivity contribution in [2.75, 3.05) is 18.9 Å². The number of fused-ring (bicyclic) bond motifs is 1. The van der Waals surface area contributed by atoms with E-state index in [-0.39, 0.29) is 24.8 Å². The molecule has 0 aliphatic rings. The second-order valence-corrected chi connectivity index (χ2v) is 6.44. The quantitative estimate of drug-likeness (QED) is 0.743. The molecular formula is C20H22N4O2. The highest BCUT2D eigenvalue weighted by Gasteiger charge is 2.16. The normalized spacial score (nSPS) is 10.7. The first-order chi connectivity index (χ1) is 12.5. The Morgan fingerprint density at radius 3 is 2.69 bits per heavy atom. The van der Waals surface area contributed by atoms with E-state index in [0.717, 1.165) is 33.4 Å². The summed E-state index contributed by atoms with van der Waals surface area (Å²) in [4.78, 5) is 26.2. The van der Waals surface area contributed by atoms with E-state index in [1.807, 2.05) is 56.3 Å². The maximum atomic E-state index is 12.5. The smallest absolute Gasteiger partial charge is 0.243 e. The summed E-state index contributed by atoms with van der Waals surface area (Å²) < 4.78 is 0. The van der Waals surface area contributed by atoms with Crippen molar-refractivity contribution in [1.82, 2.24) is 15.1 Å². The minimum atomic E-state index is -0.219. The molecule has 6 nitrogen and oxygen atoms in total. The summed E-state index contributed by atoms with van der Waals surface area (Å²) >= 11 is 0. The molecule has 2 aromatic carbocycles. The van der Waals surface area contributed by atoms with Gasteiger partial charge >= 0.3 is 0 Å². The summed E-state index contributed by atoms with van der Waals surface area (Å²) in [7, 11) is 1.63. The van der Waals surface area contributed by atoms with Gasteiger partial charge in [0, 0.05) is 18.1 Å². The molecule has 1 heterocycles. The molecule has 0 spiro atoms. The van der Waals surface area contributed by atoms with Crippen LogP contribution in [0.2, 0.25) is 0 Å². The Morgan fingerprint density at radius 1 is 1.12 bits per heavy atom. The Balaban J connectivity index is 1.62. The van der Waals surface area contributed by atoms with Crippen molar-refractivity contribution in [3.05, 3.63) is 59.3 Å². The third-order valence-electron chi connectivity index (χ3n) is 4.55. The Labute approximate surface area is 152 Å². The van der Waals surface area contributed by atoms with Crippen molar-refractivity contribution in [3.8, 4) is 0 Å². The molecular weight excluding hydrogens is 328 g/mol. The van der Waals surface area contributed by atoms with Gasteiger partial charge in [0.05, 0.1) is 24.2 Å². The first-order valence-electron chi connectivity index (χ1n) is 8.47. The van der Waals surface area contributed by atoms with Gasteiger partial charge in [0.15, 0.2) is 0 Å². The second-order valence-electron chi connectivity index (χ2n) is 6.44. The SMILES string of the molecule is Cc1cccc(NC(=O)CN(C)C(=O)Cc2[nH]nc3ccccc23)c1C. The van der Waals surface area contributed by atoms with Gasteiger partial charge in [0.2, 0.25) is 11.8 Å². The number of carbonyl (C=O) groups is 2. The van der Waals surface area contributed by atoms with Gasteiger partial charge in [-0.2, -0.15) is 5.10 Å². The van der Waals surface area contributed by atoms with E-state index in [1.165, 1.54) is 4.90 Å². The summed E-state index contributed by atoms with van der Waals surface area (Å²) in [5.74, 6) is -0.362. The van der Waals surface area contributed by atoms with E-state index in [9.17, 15) is 9.59 Å². The molecule has 134 valence electrons. The van der Waals surface area contributed by atoms with Crippen LogP contribution in [-0.4, -0.2) is 40.5 Å². The molecule has 0 atom stereocenters. The predicted octanol–water partition coefficient (Wildman–Crippen LogP) is 2.82. The van der Waals surface area contributed by atoms with Crippen molar-refractivity contribution < 1.29 is 9.59 Å². The van der Waals surface area contributed by atoms with Gasteiger partial charge in [-0.05, 0) is 37.1 Å². The summed E-state index contributed by atoms with van der Waals surface area (Å²) in [5.41, 5.74) is 4.49. The maximum absolute atomic E-state index is 12.5. The highest BCUT2D eigenvalue weighted by molar-refractivity contribution is 5.96. The number of benzene rings is 2. The summed E-state index contributed by atoms with van der Waals surface area (Å²) in [5, 5.41) is 10.9. The number of H-pyrrole nitrogens is 1. The Kier molecular flexibility index (Phi) is 5.02. The number of anilines is 1. The molecule has 0 saturated heterocycles. The fourth-order valence-electron chi connectivity index (χ4n) is 2.82. The van der Waals surface area contributed by atoms with Crippen LogP contribution in [0.1, 0.15) is 16.8 Å². The molecule has 3 rings (SSSR count). The van der Waals surface area contributed by atoms with Gasteiger partial charge in [-0.1, -0.05) is 30.3 Å². The van der Waals surface area contributed by atoms with Crippen LogP contribution in [0.5, 0.6) is 0 Å². The monoisotopic (exact) mass is 350 g/mol. The van der Waals surface area contributed by atoms with Crippen molar-refractivity contribution in [2.24, 2.45) is 0 Å². The first-order valence-corrected chi connectivity index (χ1v) is 8.47. The van der Waals surface area contributed by atoms with Crippen LogP contribution >= 0.6 is 0 Å². The van der Waals surface area contributed by atoms with Gasteiger partial charge in [0.25, 0.3) is 0 Å². The lowest BCUT2D eigenvalue weighted by atomic mass is 10.1. The zero-order valence-corrected chi connectivity index (χ0v) is 15.2. The van der Waals surface area contributed by atoms with E-state index < -0.39 is 0 Å². The summed E-state index contributed by atoms with van der Waals surface area (Å²) in [6.07, 6.45) is 0.174. The number of rotatable bonds is 5. The molecule has 2 N–H and O–H groups in total. The highest BCUT2D eigenvalue weighted by Crippen LogP contribution is 2.18. The molecule has 0 aliphatic carbocycles. The van der Waals surface area contributed by atoms with Crippen LogP contribution < -0.4 is 5.32 Å². The number of hydrogen-bond donors (Lipinski definition) is 2. The molecule has 1 aromatic heterocycles. The molecule has 6 heteroatoms. The molecule has 0 unspecified atom stereocenters. The highest BCUT2D eigenvalue weighted by atomic mass is 16.2. The van der Waals surface area contributed by atoms with Crippen LogP contribution in [0.4, 0.5) is 5.69 Å². The lowest BCUT2D eigenvalue weighted by Crippen LogP contribution is -2.36. The van der Waals surface area contributed by atoms with Gasteiger partial charge in [0.1, 0.15) is 0 Å². The Bertz CT molecular complexity index is 961. The Hall–Kier alpha value is -3.15. The number of nitrogens with one attached hydrogen (secondary N) is 2. The third kappa shape index (κ3) is 3.74. The largest absolute Gasteiger partial charge is 0.336 e. The molecule has 3 aromatic rings. The topological polar surface area (TPSA) is 78.1 Å². The number of likely N-dealkylation sites (N-methyl/N-ethyl adjacent to an activating group) is 1. The van der Waals surface area contributed by atoms with E-state index >= 15 is 0 Å². The minimum Gasteiger partial charge on any atom is -0.336 e. The number of aromatic nitrogens is 2. The van der Waals surface area contributed by atoms with Crippen LogP contribution in [0.15, 0.2) is 42.5 Å². The van der Waals surface area contributed by atoms with Gasteiger partial charge in [-0.3, -0.25) is 14.7 Å². The second kappa shape index (κ2) is 7.39. The fraction of sp³-hybridized carbons (Fsp3) is 0.250. The van der Waals surface area contributed by atoms with Gasteiger partial charge in [-0.15, -0.1) is 0 Å². The molecule has 2 amide bonds. The lowest BCUT2D eigenvalue weighted by molar-refractivity contribution is -0.132.